The molecule has 1 aromatic carbocycles. The molecule has 0 fully saturated rings. The van der Waals surface area contributed by atoms with Crippen molar-refractivity contribution in [2.24, 2.45) is 0 Å². The summed E-state index contributed by atoms with van der Waals surface area (Å²) >= 11 is 0. The third-order valence-electron chi connectivity index (χ3n) is 2.90. The van der Waals surface area contributed by atoms with Crippen LogP contribution in [0.2, 0.25) is 0 Å². The van der Waals surface area contributed by atoms with Gasteiger partial charge in [0.05, 0.1) is 13.2 Å². The minimum Gasteiger partial charge on any atom is -0.467 e. The summed E-state index contributed by atoms with van der Waals surface area (Å²) in [5, 5.41) is 0. The first-order chi connectivity index (χ1) is 9.49. The highest BCUT2D eigenvalue weighted by atomic mass is 16.7. The predicted octanol–water partition coefficient (Wildman–Crippen LogP) is 2.72. The molecule has 0 amide bonds. The summed E-state index contributed by atoms with van der Waals surface area (Å²) in [7, 11) is 1.63. The maximum absolute atomic E-state index is 10.6. The van der Waals surface area contributed by atoms with Gasteiger partial charge in [0.1, 0.15) is 12.0 Å². The molecule has 0 spiro atoms. The van der Waals surface area contributed by atoms with Gasteiger partial charge in [-0.3, -0.25) is 0 Å². The fraction of sp³-hybridized carbons (Fsp3) is 0.562. The van der Waals surface area contributed by atoms with Crippen LogP contribution in [0.3, 0.4) is 0 Å². The van der Waals surface area contributed by atoms with E-state index in [2.05, 4.69) is 20.8 Å². The van der Waals surface area contributed by atoms with Crippen molar-refractivity contribution >= 4 is 6.29 Å². The molecule has 4 nitrogen and oxygen atoms in total. The van der Waals surface area contributed by atoms with Crippen LogP contribution in [0.4, 0.5) is 0 Å². The molecular formula is C16H24O4. The largest absolute Gasteiger partial charge is 0.467 e. The van der Waals surface area contributed by atoms with Crippen LogP contribution in [0, 0.1) is 0 Å². The minimum absolute atomic E-state index is 0.0548. The molecule has 0 aliphatic rings. The second-order valence-electron chi connectivity index (χ2n) is 5.61. The molecule has 20 heavy (non-hydrogen) atoms. The SMILES string of the molecule is COCCOCOc1ccc(CC=O)cc1C(C)(C)C. The summed E-state index contributed by atoms with van der Waals surface area (Å²) in [6, 6.07) is 5.84. The Morgan fingerprint density at radius 1 is 1.20 bits per heavy atom. The second kappa shape index (κ2) is 8.02. The molecule has 1 aromatic rings. The number of aldehydes is 1. The van der Waals surface area contributed by atoms with Gasteiger partial charge in [0.15, 0.2) is 6.79 Å². The zero-order valence-electron chi connectivity index (χ0n) is 12.8. The van der Waals surface area contributed by atoms with Crippen LogP contribution < -0.4 is 4.74 Å². The van der Waals surface area contributed by atoms with Crippen molar-refractivity contribution in [3.63, 3.8) is 0 Å². The minimum atomic E-state index is -0.0548. The Morgan fingerprint density at radius 2 is 1.95 bits per heavy atom. The Hall–Kier alpha value is -1.39. The van der Waals surface area contributed by atoms with E-state index < -0.39 is 0 Å². The van der Waals surface area contributed by atoms with E-state index in [-0.39, 0.29) is 12.2 Å². The summed E-state index contributed by atoms with van der Waals surface area (Å²) in [5.74, 6) is 0.796. The first kappa shape index (κ1) is 16.7. The zero-order valence-corrected chi connectivity index (χ0v) is 12.8. The van der Waals surface area contributed by atoms with Crippen molar-refractivity contribution in [3.05, 3.63) is 29.3 Å². The van der Waals surface area contributed by atoms with Crippen molar-refractivity contribution in [1.29, 1.82) is 0 Å². The number of carbonyl (C=O) groups is 1. The average molecular weight is 280 g/mol. The van der Waals surface area contributed by atoms with Crippen LogP contribution in [0.25, 0.3) is 0 Å². The highest BCUT2D eigenvalue weighted by Crippen LogP contribution is 2.32. The molecule has 0 saturated heterocycles. The Kier molecular flexibility index (Phi) is 6.68. The van der Waals surface area contributed by atoms with Gasteiger partial charge < -0.3 is 19.0 Å². The van der Waals surface area contributed by atoms with Gasteiger partial charge in [-0.05, 0) is 22.6 Å². The number of methoxy groups -OCH3 is 1. The molecule has 4 heteroatoms. The zero-order chi connectivity index (χ0) is 15.0. The fourth-order valence-corrected chi connectivity index (χ4v) is 1.82. The molecule has 0 atom stereocenters. The highest BCUT2D eigenvalue weighted by Gasteiger charge is 2.19. The second-order valence-corrected chi connectivity index (χ2v) is 5.61. The first-order valence-corrected chi connectivity index (χ1v) is 6.75. The maximum Gasteiger partial charge on any atom is 0.189 e. The van der Waals surface area contributed by atoms with Crippen LogP contribution >= 0.6 is 0 Å². The van der Waals surface area contributed by atoms with Gasteiger partial charge in [-0.1, -0.05) is 32.9 Å². The molecule has 0 saturated carbocycles. The molecule has 0 bridgehead atoms. The number of hydrogen-bond donors (Lipinski definition) is 0. The van der Waals surface area contributed by atoms with E-state index in [4.69, 9.17) is 14.2 Å². The summed E-state index contributed by atoms with van der Waals surface area (Å²) in [6.45, 7) is 7.60. The third-order valence-corrected chi connectivity index (χ3v) is 2.90. The van der Waals surface area contributed by atoms with Gasteiger partial charge in [-0.15, -0.1) is 0 Å². The van der Waals surface area contributed by atoms with E-state index in [1.54, 1.807) is 7.11 Å². The first-order valence-electron chi connectivity index (χ1n) is 6.75. The molecular weight excluding hydrogens is 256 g/mol. The van der Waals surface area contributed by atoms with Crippen molar-refractivity contribution in [2.45, 2.75) is 32.6 Å². The summed E-state index contributed by atoms with van der Waals surface area (Å²) in [6.07, 6.45) is 1.34. The Bertz CT molecular complexity index is 421. The Labute approximate surface area is 121 Å². The van der Waals surface area contributed by atoms with Crippen molar-refractivity contribution in [3.8, 4) is 5.75 Å². The van der Waals surface area contributed by atoms with Crippen LogP contribution in [-0.4, -0.2) is 33.4 Å². The number of rotatable bonds is 8. The standard InChI is InChI=1S/C16H24O4/c1-16(2,3)14-11-13(7-8-17)5-6-15(14)20-12-19-10-9-18-4/h5-6,8,11H,7,9-10,12H2,1-4H3. The third kappa shape index (κ3) is 5.31. The number of carbonyl (C=O) groups excluding carboxylic acids is 1. The van der Waals surface area contributed by atoms with E-state index in [0.29, 0.717) is 19.6 Å². The molecule has 1 rings (SSSR count). The summed E-state index contributed by atoms with van der Waals surface area (Å²) in [4.78, 5) is 10.6. The van der Waals surface area contributed by atoms with E-state index in [0.717, 1.165) is 23.2 Å². The molecule has 0 aromatic heterocycles. The van der Waals surface area contributed by atoms with Gasteiger partial charge in [0.2, 0.25) is 0 Å². The lowest BCUT2D eigenvalue weighted by molar-refractivity contribution is -0.107. The lowest BCUT2D eigenvalue weighted by atomic mass is 9.85. The number of hydrogen-bond acceptors (Lipinski definition) is 4. The van der Waals surface area contributed by atoms with Crippen LogP contribution in [0.5, 0.6) is 5.75 Å². The Balaban J connectivity index is 2.76. The van der Waals surface area contributed by atoms with Gasteiger partial charge in [-0.2, -0.15) is 0 Å². The molecule has 0 aliphatic carbocycles. The number of benzene rings is 1. The van der Waals surface area contributed by atoms with E-state index >= 15 is 0 Å². The summed E-state index contributed by atoms with van der Waals surface area (Å²) < 4.78 is 15.9. The molecule has 112 valence electrons. The topological polar surface area (TPSA) is 44.8 Å². The molecule has 0 heterocycles. The number of ether oxygens (including phenoxy) is 3. The van der Waals surface area contributed by atoms with Crippen molar-refractivity contribution in [1.82, 2.24) is 0 Å². The normalized spacial score (nSPS) is 11.4. The average Bonchev–Trinajstić information content (AvgIpc) is 2.39. The maximum atomic E-state index is 10.6. The fourth-order valence-electron chi connectivity index (χ4n) is 1.82. The van der Waals surface area contributed by atoms with E-state index in [1.165, 1.54) is 0 Å². The summed E-state index contributed by atoms with van der Waals surface area (Å²) in [5.41, 5.74) is 2.02. The predicted molar refractivity (Wildman–Crippen MR) is 78.2 cm³/mol. The Morgan fingerprint density at radius 3 is 2.55 bits per heavy atom. The monoisotopic (exact) mass is 280 g/mol. The van der Waals surface area contributed by atoms with Gasteiger partial charge in [0, 0.05) is 13.5 Å². The van der Waals surface area contributed by atoms with E-state index in [9.17, 15) is 4.79 Å². The molecule has 0 radical (unpaired) electrons. The van der Waals surface area contributed by atoms with Crippen LogP contribution in [0.1, 0.15) is 31.9 Å². The highest BCUT2D eigenvalue weighted by molar-refractivity contribution is 5.56. The van der Waals surface area contributed by atoms with Gasteiger partial charge >= 0.3 is 0 Å². The molecule has 0 aliphatic heterocycles. The van der Waals surface area contributed by atoms with Crippen LogP contribution in [-0.2, 0) is 26.1 Å². The molecule has 0 N–H and O–H groups in total. The smallest absolute Gasteiger partial charge is 0.189 e. The van der Waals surface area contributed by atoms with Gasteiger partial charge in [0.25, 0.3) is 0 Å². The van der Waals surface area contributed by atoms with Crippen molar-refractivity contribution in [2.75, 3.05) is 27.1 Å². The molecule has 0 unspecified atom stereocenters. The van der Waals surface area contributed by atoms with Crippen molar-refractivity contribution < 1.29 is 19.0 Å². The van der Waals surface area contributed by atoms with Gasteiger partial charge in [-0.25, -0.2) is 0 Å². The quantitative estimate of drug-likeness (QED) is 0.417. The lowest BCUT2D eigenvalue weighted by Crippen LogP contribution is -2.15. The lowest BCUT2D eigenvalue weighted by Gasteiger charge is -2.23. The van der Waals surface area contributed by atoms with Crippen LogP contribution in [0.15, 0.2) is 18.2 Å². The van der Waals surface area contributed by atoms with E-state index in [1.807, 2.05) is 18.2 Å².